The van der Waals surface area contributed by atoms with Crippen LogP contribution in [0.25, 0.3) is 28.2 Å². The van der Waals surface area contributed by atoms with Gasteiger partial charge in [0.15, 0.2) is 5.82 Å². The van der Waals surface area contributed by atoms with E-state index >= 15 is 0 Å². The van der Waals surface area contributed by atoms with Gasteiger partial charge in [-0.15, -0.1) is 10.2 Å². The Morgan fingerprint density at radius 2 is 2.21 bits per heavy atom. The Balaban J connectivity index is 1.99. The van der Waals surface area contributed by atoms with Crippen molar-refractivity contribution in [2.24, 2.45) is 12.0 Å². The van der Waals surface area contributed by atoms with Crippen molar-refractivity contribution < 1.29 is 4.74 Å². The number of nitrogens with zero attached hydrogens (tertiary/aromatic N) is 7. The van der Waals surface area contributed by atoms with Crippen LogP contribution in [0.2, 0.25) is 5.02 Å². The number of H-pyrrole nitrogens is 1. The van der Waals surface area contributed by atoms with Gasteiger partial charge in [-0.25, -0.2) is 9.97 Å². The van der Waals surface area contributed by atoms with E-state index in [-0.39, 0.29) is 5.92 Å². The van der Waals surface area contributed by atoms with Gasteiger partial charge >= 0.3 is 0 Å². The normalized spacial score (nSPS) is 12.4. The quantitative estimate of drug-likeness (QED) is 0.503. The molecular weight excluding hydrogens is 380 g/mol. The topological polar surface area (TPSA) is 98.8 Å². The highest BCUT2D eigenvalue weighted by Crippen LogP contribution is 2.37. The number of methoxy groups -OCH3 is 1. The zero-order valence-corrected chi connectivity index (χ0v) is 16.5. The van der Waals surface area contributed by atoms with E-state index in [0.717, 1.165) is 28.2 Å². The predicted molar refractivity (Wildman–Crippen MR) is 108 cm³/mol. The van der Waals surface area contributed by atoms with E-state index < -0.39 is 0 Å². The third-order valence-electron chi connectivity index (χ3n) is 4.62. The highest BCUT2D eigenvalue weighted by atomic mass is 35.5. The van der Waals surface area contributed by atoms with Gasteiger partial charge in [0.1, 0.15) is 27.7 Å². The van der Waals surface area contributed by atoms with Crippen LogP contribution >= 0.6 is 11.6 Å². The van der Waals surface area contributed by atoms with Crippen LogP contribution in [0.1, 0.15) is 18.7 Å². The van der Waals surface area contributed by atoms with Crippen LogP contribution in [-0.2, 0) is 7.05 Å². The van der Waals surface area contributed by atoms with Crippen LogP contribution < -0.4 is 4.74 Å². The van der Waals surface area contributed by atoms with Crippen LogP contribution in [0, 0.1) is 0 Å². The maximum absolute atomic E-state index is 6.32. The van der Waals surface area contributed by atoms with Gasteiger partial charge in [-0.3, -0.25) is 0 Å². The van der Waals surface area contributed by atoms with Crippen molar-refractivity contribution >= 4 is 29.4 Å². The van der Waals surface area contributed by atoms with Crippen molar-refractivity contribution in [3.8, 4) is 23.1 Å². The molecule has 28 heavy (non-hydrogen) atoms. The highest BCUT2D eigenvalue weighted by molar-refractivity contribution is 6.32. The molecule has 144 valence electrons. The van der Waals surface area contributed by atoms with Gasteiger partial charge in [0, 0.05) is 31.9 Å². The fraction of sp³-hybridized carbons (Fsp3) is 0.278. The van der Waals surface area contributed by atoms with Gasteiger partial charge in [0.25, 0.3) is 0 Å². The molecule has 0 radical (unpaired) electrons. The molecule has 0 saturated carbocycles. The summed E-state index contributed by atoms with van der Waals surface area (Å²) in [5.41, 5.74) is 3.17. The molecule has 0 fully saturated rings. The lowest BCUT2D eigenvalue weighted by molar-refractivity contribution is 0.400. The Hall–Kier alpha value is -3.20. The Labute approximate surface area is 166 Å². The minimum atomic E-state index is 0.0813. The van der Waals surface area contributed by atoms with Gasteiger partial charge in [0.05, 0.1) is 19.0 Å². The second-order valence-electron chi connectivity index (χ2n) is 6.44. The zero-order valence-electron chi connectivity index (χ0n) is 15.7. The lowest BCUT2D eigenvalue weighted by Crippen LogP contribution is -2.01. The second-order valence-corrected chi connectivity index (χ2v) is 6.85. The van der Waals surface area contributed by atoms with E-state index in [1.54, 1.807) is 19.6 Å². The minimum absolute atomic E-state index is 0.0813. The number of aliphatic imine (C=N–C) groups is 1. The first-order valence-corrected chi connectivity index (χ1v) is 8.99. The monoisotopic (exact) mass is 398 g/mol. The Kier molecular flexibility index (Phi) is 4.60. The first-order valence-electron chi connectivity index (χ1n) is 8.61. The standard InChI is InChI=1S/C18H19ClN8O/c1-10(8-20-2)16-23-17(25-24-16)15-14(27-6-5-21-9-27)13-12(26(15)3)7-11(19)18(22-13)28-4/h5-7,9-10H,2,8H2,1,3-4H3,(H,23,24,25)/t10-/m1/s1. The molecule has 0 unspecified atom stereocenters. The molecule has 0 aliphatic rings. The molecule has 4 aromatic rings. The molecule has 0 bridgehead atoms. The summed E-state index contributed by atoms with van der Waals surface area (Å²) in [6.45, 7) is 6.13. The van der Waals surface area contributed by atoms with Gasteiger partial charge in [-0.2, -0.15) is 0 Å². The number of ether oxygens (including phenoxy) is 1. The van der Waals surface area contributed by atoms with Crippen molar-refractivity contribution in [3.63, 3.8) is 0 Å². The molecule has 4 rings (SSSR count). The lowest BCUT2D eigenvalue weighted by Gasteiger charge is -2.06. The maximum atomic E-state index is 6.32. The molecular formula is C18H19ClN8O. The molecule has 0 aromatic carbocycles. The average Bonchev–Trinajstić information content (AvgIpc) is 3.41. The van der Waals surface area contributed by atoms with Crippen LogP contribution in [0.5, 0.6) is 5.88 Å². The number of pyridine rings is 1. The predicted octanol–water partition coefficient (Wildman–Crippen LogP) is 3.01. The number of aromatic nitrogens is 7. The molecule has 0 amide bonds. The van der Waals surface area contributed by atoms with Crippen LogP contribution in [0.15, 0.2) is 29.8 Å². The molecule has 1 atom stereocenters. The SMILES string of the molecule is C=NC[C@@H](C)c1nnc(-c2c(-n3ccnc3)c3nc(OC)c(Cl)cc3n2C)[nH]1. The minimum Gasteiger partial charge on any atom is -0.480 e. The number of hydrogen-bond donors (Lipinski definition) is 1. The van der Waals surface area contributed by atoms with Crippen molar-refractivity contribution in [1.29, 1.82) is 0 Å². The number of fused-ring (bicyclic) bond motifs is 1. The molecule has 1 N–H and O–H groups in total. The van der Waals surface area contributed by atoms with Crippen molar-refractivity contribution in [1.82, 2.24) is 34.3 Å². The van der Waals surface area contributed by atoms with Crippen LogP contribution in [-0.4, -0.2) is 54.7 Å². The van der Waals surface area contributed by atoms with Crippen molar-refractivity contribution in [2.75, 3.05) is 13.7 Å². The summed E-state index contributed by atoms with van der Waals surface area (Å²) in [7, 11) is 3.47. The fourth-order valence-corrected chi connectivity index (χ4v) is 3.44. The Bertz CT molecular complexity index is 1140. The summed E-state index contributed by atoms with van der Waals surface area (Å²) < 4.78 is 9.17. The van der Waals surface area contributed by atoms with E-state index in [1.165, 1.54) is 0 Å². The number of halogens is 1. The number of imidazole rings is 1. The van der Waals surface area contributed by atoms with Gasteiger partial charge < -0.3 is 23.8 Å². The van der Waals surface area contributed by atoms with Crippen LogP contribution in [0.3, 0.4) is 0 Å². The summed E-state index contributed by atoms with van der Waals surface area (Å²) in [5.74, 6) is 1.80. The third-order valence-corrected chi connectivity index (χ3v) is 4.89. The molecule has 4 aromatic heterocycles. The molecule has 0 aliphatic heterocycles. The van der Waals surface area contributed by atoms with E-state index in [4.69, 9.17) is 16.3 Å². The van der Waals surface area contributed by atoms with Crippen molar-refractivity contribution in [2.45, 2.75) is 12.8 Å². The van der Waals surface area contributed by atoms with Gasteiger partial charge in [0.2, 0.25) is 5.88 Å². The summed E-state index contributed by atoms with van der Waals surface area (Å²) in [6, 6.07) is 1.83. The molecule has 0 aliphatic carbocycles. The number of aromatic amines is 1. The second kappa shape index (κ2) is 7.08. The summed E-state index contributed by atoms with van der Waals surface area (Å²) in [4.78, 5) is 16.0. The van der Waals surface area contributed by atoms with E-state index in [9.17, 15) is 0 Å². The molecule has 4 heterocycles. The smallest absolute Gasteiger partial charge is 0.233 e. The number of nitrogens with one attached hydrogen (secondary N) is 1. The van der Waals surface area contributed by atoms with E-state index in [0.29, 0.717) is 23.3 Å². The first kappa shape index (κ1) is 18.2. The molecule has 0 saturated heterocycles. The summed E-state index contributed by atoms with van der Waals surface area (Å²) >= 11 is 6.32. The van der Waals surface area contributed by atoms with E-state index in [2.05, 4.69) is 36.9 Å². The van der Waals surface area contributed by atoms with E-state index in [1.807, 2.05) is 35.4 Å². The van der Waals surface area contributed by atoms with Crippen molar-refractivity contribution in [3.05, 3.63) is 35.6 Å². The summed E-state index contributed by atoms with van der Waals surface area (Å²) in [6.07, 6.45) is 5.27. The number of hydrogen-bond acceptors (Lipinski definition) is 6. The Morgan fingerprint density at radius 3 is 2.89 bits per heavy atom. The molecule has 9 nitrogen and oxygen atoms in total. The third kappa shape index (κ3) is 2.84. The Morgan fingerprint density at radius 1 is 1.39 bits per heavy atom. The maximum Gasteiger partial charge on any atom is 0.233 e. The fourth-order valence-electron chi connectivity index (χ4n) is 3.22. The summed E-state index contributed by atoms with van der Waals surface area (Å²) in [5, 5.41) is 9.09. The number of rotatable bonds is 6. The molecule has 10 heteroatoms. The zero-order chi connectivity index (χ0) is 19.8. The number of aryl methyl sites for hydroxylation is 1. The highest BCUT2D eigenvalue weighted by Gasteiger charge is 2.24. The van der Waals surface area contributed by atoms with Gasteiger partial charge in [-0.05, 0) is 12.8 Å². The van der Waals surface area contributed by atoms with Crippen LogP contribution in [0.4, 0.5) is 0 Å². The first-order chi connectivity index (χ1) is 13.5. The van der Waals surface area contributed by atoms with Gasteiger partial charge in [-0.1, -0.05) is 18.5 Å². The molecule has 0 spiro atoms. The lowest BCUT2D eigenvalue weighted by atomic mass is 10.2. The largest absolute Gasteiger partial charge is 0.480 e. The average molecular weight is 399 g/mol.